The molecule has 1 aromatic heterocycles. The van der Waals surface area contributed by atoms with Gasteiger partial charge in [0.1, 0.15) is 15.6 Å². The molecular formula is C18H24ClN3O2S. The van der Waals surface area contributed by atoms with Crippen LogP contribution in [0.15, 0.2) is 30.5 Å². The number of methoxy groups -OCH3 is 1. The molecule has 1 aliphatic rings. The molecule has 1 aliphatic heterocycles. The Labute approximate surface area is 158 Å². The molecule has 0 aliphatic carbocycles. The summed E-state index contributed by atoms with van der Waals surface area (Å²) in [5.74, 6) is 0.853. The molecule has 1 unspecified atom stereocenters. The number of ether oxygens (including phenoxy) is 1. The van der Waals surface area contributed by atoms with Crippen molar-refractivity contribution in [2.75, 3.05) is 20.2 Å². The first-order valence-corrected chi connectivity index (χ1v) is 8.87. The molecule has 1 atom stereocenters. The van der Waals surface area contributed by atoms with E-state index in [1.807, 2.05) is 29.2 Å². The number of rotatable bonds is 3. The molecule has 2 N–H and O–H groups in total. The van der Waals surface area contributed by atoms with Crippen LogP contribution in [0.2, 0.25) is 0 Å². The third-order valence-electron chi connectivity index (χ3n) is 4.65. The summed E-state index contributed by atoms with van der Waals surface area (Å²) in [5, 5.41) is 0.842. The summed E-state index contributed by atoms with van der Waals surface area (Å²) < 4.78 is 5.17. The number of benzene rings is 1. The predicted molar refractivity (Wildman–Crippen MR) is 104 cm³/mol. The molecule has 0 radical (unpaired) electrons. The number of carbonyl (C=O) groups excluding carboxylic acids is 1. The highest BCUT2D eigenvalue weighted by molar-refractivity contribution is 7.16. The third kappa shape index (κ3) is 4.14. The highest BCUT2D eigenvalue weighted by atomic mass is 35.5. The van der Waals surface area contributed by atoms with E-state index in [0.29, 0.717) is 18.0 Å². The zero-order valence-corrected chi connectivity index (χ0v) is 16.3. The van der Waals surface area contributed by atoms with Crippen LogP contribution in [0.1, 0.15) is 29.9 Å². The van der Waals surface area contributed by atoms with Gasteiger partial charge in [0.2, 0.25) is 0 Å². The number of piperidine rings is 1. The van der Waals surface area contributed by atoms with Gasteiger partial charge >= 0.3 is 0 Å². The average Bonchev–Trinajstić information content (AvgIpc) is 3.06. The summed E-state index contributed by atoms with van der Waals surface area (Å²) in [6.45, 7) is 5.63. The van der Waals surface area contributed by atoms with Crippen molar-refractivity contribution in [1.82, 2.24) is 9.88 Å². The first-order valence-electron chi connectivity index (χ1n) is 8.06. The number of likely N-dealkylation sites (tertiary alicyclic amines) is 1. The average molecular weight is 382 g/mol. The van der Waals surface area contributed by atoms with Gasteiger partial charge in [-0.2, -0.15) is 0 Å². The molecule has 0 spiro atoms. The summed E-state index contributed by atoms with van der Waals surface area (Å²) >= 11 is 1.43. The van der Waals surface area contributed by atoms with Crippen LogP contribution in [-0.4, -0.2) is 42.0 Å². The summed E-state index contributed by atoms with van der Waals surface area (Å²) in [6.07, 6.45) is 2.51. The number of hydrogen-bond acceptors (Lipinski definition) is 5. The van der Waals surface area contributed by atoms with E-state index in [2.05, 4.69) is 18.8 Å². The van der Waals surface area contributed by atoms with Crippen molar-refractivity contribution in [2.24, 2.45) is 11.1 Å². The van der Waals surface area contributed by atoms with Gasteiger partial charge in [-0.3, -0.25) is 4.79 Å². The van der Waals surface area contributed by atoms with Gasteiger partial charge in [-0.05, 0) is 36.1 Å². The molecule has 7 heteroatoms. The molecule has 2 heterocycles. The normalized spacial score (nSPS) is 19.2. The van der Waals surface area contributed by atoms with Crippen LogP contribution >= 0.6 is 23.7 Å². The molecule has 0 bridgehead atoms. The lowest BCUT2D eigenvalue weighted by atomic mass is 9.79. The molecule has 3 rings (SSSR count). The summed E-state index contributed by atoms with van der Waals surface area (Å²) in [7, 11) is 1.64. The molecule has 136 valence electrons. The fraction of sp³-hybridized carbons (Fsp3) is 0.444. The van der Waals surface area contributed by atoms with Gasteiger partial charge in [0.15, 0.2) is 0 Å². The van der Waals surface area contributed by atoms with Crippen LogP contribution in [0, 0.1) is 5.41 Å². The Hall–Kier alpha value is -1.63. The molecule has 25 heavy (non-hydrogen) atoms. The highest BCUT2D eigenvalue weighted by Crippen LogP contribution is 2.31. The summed E-state index contributed by atoms with van der Waals surface area (Å²) in [5.41, 5.74) is 7.09. The lowest BCUT2D eigenvalue weighted by Crippen LogP contribution is -2.53. The van der Waals surface area contributed by atoms with Gasteiger partial charge in [-0.1, -0.05) is 13.8 Å². The predicted octanol–water partition coefficient (Wildman–Crippen LogP) is 3.44. The van der Waals surface area contributed by atoms with Gasteiger partial charge in [0.05, 0.1) is 13.3 Å². The number of thiazole rings is 1. The molecule has 1 saturated heterocycles. The maximum Gasteiger partial charge on any atom is 0.265 e. The fourth-order valence-corrected chi connectivity index (χ4v) is 3.83. The minimum absolute atomic E-state index is 0. The van der Waals surface area contributed by atoms with Gasteiger partial charge in [0.25, 0.3) is 5.91 Å². The largest absolute Gasteiger partial charge is 0.497 e. The minimum Gasteiger partial charge on any atom is -0.497 e. The number of aromatic nitrogens is 1. The Morgan fingerprint density at radius 1 is 1.36 bits per heavy atom. The summed E-state index contributed by atoms with van der Waals surface area (Å²) in [6, 6.07) is 7.83. The Morgan fingerprint density at radius 2 is 2.04 bits per heavy atom. The monoisotopic (exact) mass is 381 g/mol. The molecular weight excluding hydrogens is 358 g/mol. The Balaban J connectivity index is 0.00000225. The first kappa shape index (κ1) is 19.7. The smallest absolute Gasteiger partial charge is 0.265 e. The molecule has 1 fully saturated rings. The Kier molecular flexibility index (Phi) is 6.08. The molecule has 1 aromatic carbocycles. The number of halogens is 1. The topological polar surface area (TPSA) is 68.5 Å². The quantitative estimate of drug-likeness (QED) is 0.884. The van der Waals surface area contributed by atoms with Crippen molar-refractivity contribution in [1.29, 1.82) is 0 Å². The maximum absolute atomic E-state index is 12.8. The van der Waals surface area contributed by atoms with Crippen LogP contribution in [0.25, 0.3) is 10.6 Å². The standard InChI is InChI=1S/C18H23N3O2S.ClH/c1-18(2)11-21(9-8-15(18)19)17(22)14-10-20-16(24-14)12-4-6-13(23-3)7-5-12;/h4-7,10,15H,8-9,11,19H2,1-3H3;1H. The van der Waals surface area contributed by atoms with Crippen molar-refractivity contribution in [2.45, 2.75) is 26.3 Å². The number of nitrogens with zero attached hydrogens (tertiary/aromatic N) is 2. The van der Waals surface area contributed by atoms with Crippen molar-refractivity contribution >= 4 is 29.7 Å². The van der Waals surface area contributed by atoms with E-state index < -0.39 is 0 Å². The Morgan fingerprint density at radius 3 is 2.64 bits per heavy atom. The Bertz CT molecular complexity index is 730. The minimum atomic E-state index is -0.0581. The highest BCUT2D eigenvalue weighted by Gasteiger charge is 2.36. The molecule has 1 amide bonds. The van der Waals surface area contributed by atoms with Gasteiger partial charge < -0.3 is 15.4 Å². The van der Waals surface area contributed by atoms with Crippen LogP contribution < -0.4 is 10.5 Å². The van der Waals surface area contributed by atoms with E-state index in [1.54, 1.807) is 13.3 Å². The van der Waals surface area contributed by atoms with Crippen LogP contribution in [0.4, 0.5) is 0 Å². The van der Waals surface area contributed by atoms with Gasteiger partial charge in [-0.15, -0.1) is 23.7 Å². The van der Waals surface area contributed by atoms with Crippen LogP contribution in [0.5, 0.6) is 5.75 Å². The first-order chi connectivity index (χ1) is 11.4. The molecule has 2 aromatic rings. The molecule has 0 saturated carbocycles. The van der Waals surface area contributed by atoms with E-state index in [0.717, 1.165) is 22.7 Å². The SMILES string of the molecule is COc1ccc(-c2ncc(C(=O)N3CCC(N)C(C)(C)C3)s2)cc1.Cl. The lowest BCUT2D eigenvalue weighted by molar-refractivity contribution is 0.0537. The van der Waals surface area contributed by atoms with E-state index in [4.69, 9.17) is 10.5 Å². The number of amides is 1. The summed E-state index contributed by atoms with van der Waals surface area (Å²) in [4.78, 5) is 19.8. The number of nitrogens with two attached hydrogens (primary N) is 1. The van der Waals surface area contributed by atoms with Crippen molar-refractivity contribution in [3.8, 4) is 16.3 Å². The third-order valence-corrected chi connectivity index (χ3v) is 5.69. The number of hydrogen-bond donors (Lipinski definition) is 1. The van der Waals surface area contributed by atoms with Crippen molar-refractivity contribution < 1.29 is 9.53 Å². The zero-order chi connectivity index (χ0) is 17.3. The van der Waals surface area contributed by atoms with Gasteiger partial charge in [0, 0.05) is 24.7 Å². The van der Waals surface area contributed by atoms with Gasteiger partial charge in [-0.25, -0.2) is 4.98 Å². The van der Waals surface area contributed by atoms with E-state index in [-0.39, 0.29) is 29.8 Å². The van der Waals surface area contributed by atoms with Crippen LogP contribution in [-0.2, 0) is 0 Å². The second kappa shape index (κ2) is 7.72. The second-order valence-corrected chi connectivity index (χ2v) is 7.90. The van der Waals surface area contributed by atoms with Crippen molar-refractivity contribution in [3.05, 3.63) is 35.3 Å². The second-order valence-electron chi connectivity index (χ2n) is 6.87. The van der Waals surface area contributed by atoms with Crippen LogP contribution in [0.3, 0.4) is 0 Å². The zero-order valence-electron chi connectivity index (χ0n) is 14.7. The van der Waals surface area contributed by atoms with Crippen molar-refractivity contribution in [3.63, 3.8) is 0 Å². The number of carbonyl (C=O) groups is 1. The maximum atomic E-state index is 12.8. The van der Waals surface area contributed by atoms with E-state index >= 15 is 0 Å². The lowest BCUT2D eigenvalue weighted by Gasteiger charge is -2.42. The molecule has 5 nitrogen and oxygen atoms in total. The fourth-order valence-electron chi connectivity index (χ4n) is 2.94. The van der Waals surface area contributed by atoms with E-state index in [1.165, 1.54) is 11.3 Å². The van der Waals surface area contributed by atoms with E-state index in [9.17, 15) is 4.79 Å².